The van der Waals surface area contributed by atoms with Crippen molar-refractivity contribution in [3.63, 3.8) is 0 Å². The summed E-state index contributed by atoms with van der Waals surface area (Å²) in [7, 11) is 0. The smallest absolute Gasteiger partial charge is 0.115 e. The fourth-order valence-corrected chi connectivity index (χ4v) is 1.83. The van der Waals surface area contributed by atoms with Gasteiger partial charge in [0.15, 0.2) is 0 Å². The highest BCUT2D eigenvalue weighted by molar-refractivity contribution is 5.51. The van der Waals surface area contributed by atoms with Gasteiger partial charge in [-0.2, -0.15) is 0 Å². The monoisotopic (exact) mass is 354 g/mol. The maximum Gasteiger partial charge on any atom is 0.115 e. The molecular weight excluding hydrogens is 337 g/mol. The van der Waals surface area contributed by atoms with Crippen LogP contribution in [0.3, 0.4) is 0 Å². The van der Waals surface area contributed by atoms with Crippen LogP contribution >= 0.6 is 0 Å². The Kier molecular flexibility index (Phi) is 5.98. The summed E-state index contributed by atoms with van der Waals surface area (Å²) in [4.78, 5) is 2.26. The van der Waals surface area contributed by atoms with Crippen molar-refractivity contribution in [1.82, 2.24) is 4.90 Å². The number of phenolic OH excluding ortho intramolecular Hbond substituents is 1. The van der Waals surface area contributed by atoms with Crippen molar-refractivity contribution >= 4 is 6.08 Å². The van der Waals surface area contributed by atoms with E-state index < -0.39 is 0 Å². The number of likely N-dealkylation sites (N-methyl/N-ethyl adjacent to an activating group) is 1. The van der Waals surface area contributed by atoms with E-state index in [0.29, 0.717) is 11.8 Å². The van der Waals surface area contributed by atoms with Gasteiger partial charge in [-0.25, -0.2) is 0 Å². The molecule has 1 N–H and O–H groups in total. The molecule has 1 heterocycles. The number of hydrogen-bond donors (Lipinski definition) is 1. The lowest BCUT2D eigenvalue weighted by atomic mass is 10.1. The van der Waals surface area contributed by atoms with Crippen LogP contribution in [-0.4, -0.2) is 22.6 Å². The summed E-state index contributed by atoms with van der Waals surface area (Å²) in [6, 6.07) is 7.54. The highest BCUT2D eigenvalue weighted by Crippen LogP contribution is 2.14. The molecule has 0 amide bonds. The summed E-state index contributed by atoms with van der Waals surface area (Å²) >= 11 is 0. The van der Waals surface area contributed by atoms with Crippen LogP contribution in [0.4, 0.5) is 0 Å². The van der Waals surface area contributed by atoms with Gasteiger partial charge in [-0.15, -0.1) is 0 Å². The van der Waals surface area contributed by atoms with Gasteiger partial charge in [0.05, 0.1) is 6.04 Å². The van der Waals surface area contributed by atoms with Crippen molar-refractivity contribution in [2.24, 2.45) is 0 Å². The summed E-state index contributed by atoms with van der Waals surface area (Å²) < 4.78 is 0. The van der Waals surface area contributed by atoms with E-state index in [1.165, 1.54) is 0 Å². The molecule has 96 valence electrons. The van der Waals surface area contributed by atoms with E-state index in [4.69, 9.17) is 0 Å². The van der Waals surface area contributed by atoms with E-state index in [9.17, 15) is 5.11 Å². The zero-order valence-corrected chi connectivity index (χ0v) is 12.5. The third-order valence-electron chi connectivity index (χ3n) is 2.82. The molecule has 1 atom stereocenters. The molecule has 2 nitrogen and oxygen atoms in total. The average molecular weight is 354 g/mol. The highest BCUT2D eigenvalue weighted by atomic mass is 127. The lowest BCUT2D eigenvalue weighted by molar-refractivity contribution is -0.00000447. The van der Waals surface area contributed by atoms with Crippen LogP contribution in [0.1, 0.15) is 12.5 Å². The minimum absolute atomic E-state index is 0. The summed E-state index contributed by atoms with van der Waals surface area (Å²) in [6.45, 7) is 3.14. The maximum absolute atomic E-state index is 9.20. The number of hydrogen-bond acceptors (Lipinski definition) is 2. The van der Waals surface area contributed by atoms with E-state index in [-0.39, 0.29) is 24.0 Å². The molecule has 0 saturated carbocycles. The van der Waals surface area contributed by atoms with E-state index >= 15 is 0 Å². The van der Waals surface area contributed by atoms with Crippen LogP contribution in [0.15, 0.2) is 54.8 Å². The van der Waals surface area contributed by atoms with Gasteiger partial charge in [-0.05, 0) is 36.9 Å². The molecule has 1 aliphatic rings. The van der Waals surface area contributed by atoms with Crippen LogP contribution in [0.5, 0.6) is 5.75 Å². The van der Waals surface area contributed by atoms with Crippen LogP contribution in [-0.2, 0) is 0 Å². The quantitative estimate of drug-likeness (QED) is 0.784. The van der Waals surface area contributed by atoms with Crippen molar-refractivity contribution in [2.75, 3.05) is 6.54 Å². The topological polar surface area (TPSA) is 23.5 Å². The van der Waals surface area contributed by atoms with Gasteiger partial charge in [0.2, 0.25) is 0 Å². The Hall–Kier alpha value is -1.23. The molecular formula is C15H17INO-. The first kappa shape index (κ1) is 14.8. The molecule has 0 spiro atoms. The number of nitrogens with zero attached hydrogens (tertiary/aromatic N) is 1. The Morgan fingerprint density at radius 2 is 1.94 bits per heavy atom. The van der Waals surface area contributed by atoms with Crippen LogP contribution < -0.4 is 24.0 Å². The molecule has 0 bridgehead atoms. The first-order valence-corrected chi connectivity index (χ1v) is 5.87. The van der Waals surface area contributed by atoms with E-state index in [2.05, 4.69) is 42.3 Å². The first-order chi connectivity index (χ1) is 8.29. The Morgan fingerprint density at radius 3 is 2.61 bits per heavy atom. The SMILES string of the molecule is CCN1C=CC=CC1/C=C/c1ccc(O)cc1.[I-]. The fourth-order valence-electron chi connectivity index (χ4n) is 1.83. The number of aromatic hydroxyl groups is 1. The molecule has 0 saturated heterocycles. The van der Waals surface area contributed by atoms with Crippen molar-refractivity contribution in [2.45, 2.75) is 13.0 Å². The van der Waals surface area contributed by atoms with Crippen molar-refractivity contribution in [3.05, 3.63) is 60.3 Å². The second-order valence-corrected chi connectivity index (χ2v) is 4.00. The van der Waals surface area contributed by atoms with Crippen LogP contribution in [0, 0.1) is 0 Å². The second kappa shape index (κ2) is 7.26. The van der Waals surface area contributed by atoms with Gasteiger partial charge in [-0.3, -0.25) is 0 Å². The first-order valence-electron chi connectivity index (χ1n) is 5.87. The highest BCUT2D eigenvalue weighted by Gasteiger charge is 2.08. The Bertz CT molecular complexity index is 448. The zero-order chi connectivity index (χ0) is 12.1. The Labute approximate surface area is 125 Å². The molecule has 1 aliphatic heterocycles. The molecule has 1 aromatic rings. The third-order valence-corrected chi connectivity index (χ3v) is 2.82. The minimum Gasteiger partial charge on any atom is -1.00 e. The van der Waals surface area contributed by atoms with Crippen molar-refractivity contribution < 1.29 is 29.1 Å². The predicted octanol–water partition coefficient (Wildman–Crippen LogP) is 0.183. The van der Waals surface area contributed by atoms with Gasteiger partial charge in [0.1, 0.15) is 5.75 Å². The number of phenols is 1. The van der Waals surface area contributed by atoms with E-state index in [1.54, 1.807) is 12.1 Å². The second-order valence-electron chi connectivity index (χ2n) is 4.00. The fraction of sp³-hybridized carbons (Fsp3) is 0.200. The van der Waals surface area contributed by atoms with Gasteiger partial charge >= 0.3 is 0 Å². The largest absolute Gasteiger partial charge is 1.00 e. The molecule has 0 radical (unpaired) electrons. The normalized spacial score (nSPS) is 18.1. The number of allylic oxidation sites excluding steroid dienone is 2. The Morgan fingerprint density at radius 1 is 1.22 bits per heavy atom. The van der Waals surface area contributed by atoms with Crippen LogP contribution in [0.25, 0.3) is 6.08 Å². The van der Waals surface area contributed by atoms with Gasteiger partial charge in [-0.1, -0.05) is 36.4 Å². The Balaban J connectivity index is 0.00000162. The number of halogens is 1. The molecule has 18 heavy (non-hydrogen) atoms. The summed E-state index contributed by atoms with van der Waals surface area (Å²) in [5.74, 6) is 0.304. The zero-order valence-electron chi connectivity index (χ0n) is 10.3. The summed E-state index contributed by atoms with van der Waals surface area (Å²) in [6.07, 6.45) is 12.6. The molecule has 1 aromatic carbocycles. The molecule has 0 fully saturated rings. The van der Waals surface area contributed by atoms with Crippen LogP contribution in [0.2, 0.25) is 0 Å². The molecule has 1 unspecified atom stereocenters. The van der Waals surface area contributed by atoms with Gasteiger partial charge in [0.25, 0.3) is 0 Å². The maximum atomic E-state index is 9.20. The van der Waals surface area contributed by atoms with E-state index in [1.807, 2.05) is 18.2 Å². The third kappa shape index (κ3) is 3.91. The summed E-state index contributed by atoms with van der Waals surface area (Å²) in [5.41, 5.74) is 1.10. The molecule has 2 rings (SSSR count). The lowest BCUT2D eigenvalue weighted by Crippen LogP contribution is -3.00. The van der Waals surface area contributed by atoms with Gasteiger partial charge in [0, 0.05) is 6.54 Å². The number of rotatable bonds is 3. The average Bonchev–Trinajstić information content (AvgIpc) is 2.38. The van der Waals surface area contributed by atoms with Crippen molar-refractivity contribution in [3.8, 4) is 5.75 Å². The number of benzene rings is 1. The van der Waals surface area contributed by atoms with Gasteiger partial charge < -0.3 is 34.0 Å². The molecule has 3 heteroatoms. The molecule has 0 aromatic heterocycles. The summed E-state index contributed by atoms with van der Waals surface area (Å²) in [5, 5.41) is 9.20. The lowest BCUT2D eigenvalue weighted by Gasteiger charge is -2.26. The van der Waals surface area contributed by atoms with Crippen molar-refractivity contribution in [1.29, 1.82) is 0 Å². The van der Waals surface area contributed by atoms with E-state index in [0.717, 1.165) is 12.1 Å². The standard InChI is InChI=1S/C15H17NO.HI/c1-2-16-12-4-3-5-14(16)9-6-13-7-10-15(17)11-8-13;/h3-12,14,17H,2H2,1H3;1H/p-1/b9-6+;. The predicted molar refractivity (Wildman–Crippen MR) is 71.6 cm³/mol. The minimum atomic E-state index is 0. The molecule has 0 aliphatic carbocycles.